The summed E-state index contributed by atoms with van der Waals surface area (Å²) >= 11 is 0. The summed E-state index contributed by atoms with van der Waals surface area (Å²) in [5.41, 5.74) is 1.78. The van der Waals surface area contributed by atoms with Crippen LogP contribution >= 0.6 is 0 Å². The lowest BCUT2D eigenvalue weighted by atomic mass is 10.1. The Bertz CT molecular complexity index is 475. The Morgan fingerprint density at radius 1 is 1.16 bits per heavy atom. The van der Waals surface area contributed by atoms with Crippen LogP contribution in [0.25, 0.3) is 6.08 Å². The third kappa shape index (κ3) is 5.68. The number of hydrogen-bond donors (Lipinski definition) is 0. The molecule has 1 aromatic carbocycles. The normalized spacial score (nSPS) is 8.58. The molecule has 0 N–H and O–H groups in total. The summed E-state index contributed by atoms with van der Waals surface area (Å²) in [7, 11) is 2.69. The third-order valence-electron chi connectivity index (χ3n) is 2.12. The fourth-order valence-corrected chi connectivity index (χ4v) is 1.15. The molecule has 102 valence electrons. The van der Waals surface area contributed by atoms with Gasteiger partial charge in [-0.25, -0.2) is 9.59 Å². The topological polar surface area (TPSA) is 52.6 Å². The molecule has 0 amide bonds. The van der Waals surface area contributed by atoms with E-state index in [9.17, 15) is 9.59 Å². The largest absolute Gasteiger partial charge is 0.466 e. The summed E-state index contributed by atoms with van der Waals surface area (Å²) in [4.78, 5) is 21.3. The zero-order chi connectivity index (χ0) is 14.8. The molecule has 0 spiro atoms. The number of hydrogen-bond acceptors (Lipinski definition) is 4. The maximum Gasteiger partial charge on any atom is 0.338 e. The molecule has 1 rings (SSSR count). The molecule has 0 fully saturated rings. The molecule has 0 aliphatic rings. The number of carbonyl (C=O) groups excluding carboxylic acids is 2. The van der Waals surface area contributed by atoms with Gasteiger partial charge in [-0.15, -0.1) is 0 Å². The average molecular weight is 262 g/mol. The third-order valence-corrected chi connectivity index (χ3v) is 2.12. The minimum absolute atomic E-state index is 0.328. The van der Waals surface area contributed by atoms with Crippen LogP contribution in [0.3, 0.4) is 0 Å². The molecule has 0 bridgehead atoms. The highest BCUT2D eigenvalue weighted by Gasteiger charge is 2.07. The lowest BCUT2D eigenvalue weighted by molar-refractivity contribution is -0.136. The maximum absolute atomic E-state index is 11.1. The van der Waals surface area contributed by atoms with Crippen molar-refractivity contribution >= 4 is 18.0 Å². The van der Waals surface area contributed by atoms with Crippen LogP contribution < -0.4 is 0 Å². The number of ether oxygens (including phenoxy) is 2. The van der Waals surface area contributed by atoms with Crippen molar-refractivity contribution in [3.05, 3.63) is 54.1 Å². The molecule has 0 saturated carbocycles. The maximum atomic E-state index is 11.1. The molecule has 0 aromatic heterocycles. The van der Waals surface area contributed by atoms with Gasteiger partial charge in [-0.05, 0) is 18.6 Å². The quantitative estimate of drug-likeness (QED) is 0.621. The molecule has 0 saturated heterocycles. The van der Waals surface area contributed by atoms with E-state index in [0.29, 0.717) is 11.1 Å². The zero-order valence-electron chi connectivity index (χ0n) is 11.4. The highest BCUT2D eigenvalue weighted by Crippen LogP contribution is 2.10. The van der Waals surface area contributed by atoms with Crippen LogP contribution in [0.5, 0.6) is 0 Å². The number of rotatable bonds is 3. The lowest BCUT2D eigenvalue weighted by Crippen LogP contribution is -2.02. The van der Waals surface area contributed by atoms with E-state index in [1.54, 1.807) is 25.1 Å². The van der Waals surface area contributed by atoms with Crippen molar-refractivity contribution in [2.24, 2.45) is 0 Å². The van der Waals surface area contributed by atoms with Crippen molar-refractivity contribution < 1.29 is 19.1 Å². The first-order chi connectivity index (χ1) is 8.97. The first-order valence-electron chi connectivity index (χ1n) is 5.51. The Labute approximate surface area is 113 Å². The molecular formula is C15H18O4. The van der Waals surface area contributed by atoms with Gasteiger partial charge in [0.1, 0.15) is 0 Å². The standard InChI is InChI=1S/C10H10O2.C5H8O2/c1-3-8-6-4-5-7-9(8)10(11)12-2;1-4(2)5(6)7-3/h3-7H,1H2,2H3;1H2,2-3H3. The SMILES string of the molecule is C=C(C)C(=O)OC.C=Cc1ccccc1C(=O)OC. The number of carbonyl (C=O) groups is 2. The van der Waals surface area contributed by atoms with E-state index in [1.807, 2.05) is 12.1 Å². The van der Waals surface area contributed by atoms with Crippen molar-refractivity contribution in [1.29, 1.82) is 0 Å². The summed E-state index contributed by atoms with van der Waals surface area (Å²) in [6.07, 6.45) is 1.63. The average Bonchev–Trinajstić information content (AvgIpc) is 2.45. The van der Waals surface area contributed by atoms with Crippen LogP contribution in [0.15, 0.2) is 43.0 Å². The van der Waals surface area contributed by atoms with Gasteiger partial charge in [-0.3, -0.25) is 0 Å². The van der Waals surface area contributed by atoms with Crippen LogP contribution in [0, 0.1) is 0 Å². The van der Waals surface area contributed by atoms with Crippen molar-refractivity contribution in [3.63, 3.8) is 0 Å². The van der Waals surface area contributed by atoms with E-state index in [1.165, 1.54) is 14.2 Å². The fourth-order valence-electron chi connectivity index (χ4n) is 1.15. The van der Waals surface area contributed by atoms with Gasteiger partial charge in [0, 0.05) is 5.57 Å². The number of benzene rings is 1. The van der Waals surface area contributed by atoms with Gasteiger partial charge >= 0.3 is 11.9 Å². The van der Waals surface area contributed by atoms with E-state index in [4.69, 9.17) is 0 Å². The van der Waals surface area contributed by atoms with Crippen LogP contribution in [-0.4, -0.2) is 26.2 Å². The van der Waals surface area contributed by atoms with E-state index in [-0.39, 0.29) is 11.9 Å². The second-order valence-corrected chi connectivity index (χ2v) is 3.55. The molecular weight excluding hydrogens is 244 g/mol. The van der Waals surface area contributed by atoms with Crippen molar-refractivity contribution in [3.8, 4) is 0 Å². The minimum Gasteiger partial charge on any atom is -0.466 e. The van der Waals surface area contributed by atoms with Crippen molar-refractivity contribution in [1.82, 2.24) is 0 Å². The van der Waals surface area contributed by atoms with E-state index >= 15 is 0 Å². The molecule has 4 heteroatoms. The second-order valence-electron chi connectivity index (χ2n) is 3.55. The second kappa shape index (κ2) is 8.69. The zero-order valence-corrected chi connectivity index (χ0v) is 11.4. The van der Waals surface area contributed by atoms with E-state index < -0.39 is 0 Å². The molecule has 4 nitrogen and oxygen atoms in total. The lowest BCUT2D eigenvalue weighted by Gasteiger charge is -2.01. The van der Waals surface area contributed by atoms with Gasteiger partial charge in [0.15, 0.2) is 0 Å². The molecule has 19 heavy (non-hydrogen) atoms. The summed E-state index contributed by atoms with van der Waals surface area (Å²) in [5, 5.41) is 0. The smallest absolute Gasteiger partial charge is 0.338 e. The molecule has 0 aliphatic carbocycles. The van der Waals surface area contributed by atoms with E-state index in [2.05, 4.69) is 22.6 Å². The summed E-state index contributed by atoms with van der Waals surface area (Å²) in [6, 6.07) is 7.17. The first-order valence-corrected chi connectivity index (χ1v) is 5.51. The van der Waals surface area contributed by atoms with Crippen LogP contribution in [0.2, 0.25) is 0 Å². The predicted molar refractivity (Wildman–Crippen MR) is 74.7 cm³/mol. The number of methoxy groups -OCH3 is 2. The Balaban J connectivity index is 0.000000399. The Hall–Kier alpha value is -2.36. The van der Waals surface area contributed by atoms with Crippen molar-refractivity contribution in [2.45, 2.75) is 6.92 Å². The summed E-state index contributed by atoms with van der Waals surface area (Å²) in [5.74, 6) is -0.675. The molecule has 0 unspecified atom stereocenters. The van der Waals surface area contributed by atoms with Gasteiger partial charge < -0.3 is 9.47 Å². The number of esters is 2. The highest BCUT2D eigenvalue weighted by molar-refractivity contribution is 5.93. The van der Waals surface area contributed by atoms with Gasteiger partial charge in [0.05, 0.1) is 19.8 Å². The first kappa shape index (κ1) is 16.6. The molecule has 0 aliphatic heterocycles. The van der Waals surface area contributed by atoms with Crippen LogP contribution in [-0.2, 0) is 14.3 Å². The Kier molecular flexibility index (Phi) is 7.61. The van der Waals surface area contributed by atoms with E-state index in [0.717, 1.165) is 5.56 Å². The molecule has 0 heterocycles. The van der Waals surface area contributed by atoms with Gasteiger partial charge in [-0.1, -0.05) is 37.4 Å². The minimum atomic E-state index is -0.347. The fraction of sp³-hybridized carbons (Fsp3) is 0.200. The van der Waals surface area contributed by atoms with Crippen molar-refractivity contribution in [2.75, 3.05) is 14.2 Å². The van der Waals surface area contributed by atoms with Gasteiger partial charge in [-0.2, -0.15) is 0 Å². The highest BCUT2D eigenvalue weighted by atomic mass is 16.5. The summed E-state index contributed by atoms with van der Waals surface area (Å²) in [6.45, 7) is 8.55. The van der Waals surface area contributed by atoms with Gasteiger partial charge in [0.25, 0.3) is 0 Å². The Morgan fingerprint density at radius 3 is 2.11 bits per heavy atom. The van der Waals surface area contributed by atoms with Gasteiger partial charge in [0.2, 0.25) is 0 Å². The Morgan fingerprint density at radius 2 is 1.74 bits per heavy atom. The van der Waals surface area contributed by atoms with Crippen LogP contribution in [0.1, 0.15) is 22.8 Å². The summed E-state index contributed by atoms with van der Waals surface area (Å²) < 4.78 is 8.87. The molecule has 0 atom stereocenters. The monoisotopic (exact) mass is 262 g/mol. The molecule has 1 aromatic rings. The predicted octanol–water partition coefficient (Wildman–Crippen LogP) is 2.85. The van der Waals surface area contributed by atoms with Crippen LogP contribution in [0.4, 0.5) is 0 Å². The molecule has 0 radical (unpaired) electrons.